The molecule has 0 aromatic heterocycles. The fourth-order valence-electron chi connectivity index (χ4n) is 1.63. The van der Waals surface area contributed by atoms with E-state index in [0.29, 0.717) is 0 Å². The maximum atomic E-state index is 4.50. The summed E-state index contributed by atoms with van der Waals surface area (Å²) in [5, 5.41) is 0. The quantitative estimate of drug-likeness (QED) is 0.631. The van der Waals surface area contributed by atoms with E-state index in [1.807, 2.05) is 27.7 Å². The van der Waals surface area contributed by atoms with Gasteiger partial charge in [-0.2, -0.15) is 0 Å². The fourth-order valence-corrected chi connectivity index (χ4v) is 1.63. The maximum absolute atomic E-state index is 4.50. The Kier molecular flexibility index (Phi) is 11.8. The first-order valence-corrected chi connectivity index (χ1v) is 5.62. The Balaban J connectivity index is 0. The predicted octanol–water partition coefficient (Wildman–Crippen LogP) is 2.20. The van der Waals surface area contributed by atoms with Crippen molar-refractivity contribution in [2.75, 3.05) is 27.2 Å². The Labute approximate surface area is 84.5 Å². The molecule has 0 amide bonds. The molecule has 0 radical (unpaired) electrons. The molecule has 0 spiro atoms. The number of fused-ring (bicyclic) bond motifs is 1. The third kappa shape index (κ3) is 6.05. The first-order chi connectivity index (χ1) is 6.36. The second-order valence-electron chi connectivity index (χ2n) is 2.98. The Hall–Kier alpha value is -0.0800. The Morgan fingerprint density at radius 1 is 0.923 bits per heavy atom. The van der Waals surface area contributed by atoms with Gasteiger partial charge in [-0.1, -0.05) is 27.7 Å². The molecule has 0 bridgehead atoms. The zero-order valence-electron chi connectivity index (χ0n) is 10.3. The third-order valence-corrected chi connectivity index (χ3v) is 2.16. The molecule has 1 aliphatic heterocycles. The van der Waals surface area contributed by atoms with Gasteiger partial charge in [-0.3, -0.25) is 0 Å². The van der Waals surface area contributed by atoms with E-state index in [0.717, 1.165) is 11.8 Å². The highest BCUT2D eigenvalue weighted by Gasteiger charge is 2.43. The summed E-state index contributed by atoms with van der Waals surface area (Å²) in [7, 11) is 3.71. The largest absolute Gasteiger partial charge is 0.333 e. The molecule has 1 heterocycles. The first kappa shape index (κ1) is 15.4. The lowest BCUT2D eigenvalue weighted by atomic mass is 10.4. The minimum absolute atomic E-state index is 1.12. The zero-order chi connectivity index (χ0) is 10.9. The molecule has 1 saturated carbocycles. The normalized spacial score (nSPS) is 27.9. The van der Waals surface area contributed by atoms with Crippen LogP contribution in [0.3, 0.4) is 0 Å². The highest BCUT2D eigenvalue weighted by atomic mass is 15.1. The van der Waals surface area contributed by atoms with Gasteiger partial charge in [-0.15, -0.1) is 0 Å². The molecule has 2 atom stereocenters. The summed E-state index contributed by atoms with van der Waals surface area (Å²) >= 11 is 0. The van der Waals surface area contributed by atoms with Crippen LogP contribution in [-0.2, 0) is 0 Å². The average molecular weight is 188 g/mol. The third-order valence-electron chi connectivity index (χ3n) is 2.16. The number of rotatable bonds is 0. The summed E-state index contributed by atoms with van der Waals surface area (Å²) in [5.74, 6) is 2.23. The summed E-state index contributed by atoms with van der Waals surface area (Å²) in [6, 6.07) is 0. The molecule has 0 aromatic rings. The lowest BCUT2D eigenvalue weighted by Crippen LogP contribution is -2.15. The molecule has 2 aliphatic rings. The summed E-state index contributed by atoms with van der Waals surface area (Å²) in [6.07, 6.45) is 1.53. The van der Waals surface area contributed by atoms with Gasteiger partial charge in [0.2, 0.25) is 0 Å². The fraction of sp³-hybridized carbons (Fsp3) is 1.00. The van der Waals surface area contributed by atoms with Gasteiger partial charge < -0.3 is 10.6 Å². The van der Waals surface area contributed by atoms with Crippen molar-refractivity contribution in [3.63, 3.8) is 0 Å². The molecule has 0 aromatic carbocycles. The van der Waals surface area contributed by atoms with Crippen LogP contribution in [0, 0.1) is 11.8 Å². The van der Waals surface area contributed by atoms with Gasteiger partial charge in [0.25, 0.3) is 0 Å². The van der Waals surface area contributed by atoms with E-state index in [9.17, 15) is 0 Å². The van der Waals surface area contributed by atoms with Crippen LogP contribution in [0.2, 0.25) is 0 Å². The molecule has 2 heteroatoms. The van der Waals surface area contributed by atoms with E-state index >= 15 is 0 Å². The van der Waals surface area contributed by atoms with Crippen molar-refractivity contribution in [3.8, 4) is 0 Å². The Bertz CT molecular complexity index is 84.1. The van der Waals surface area contributed by atoms with Gasteiger partial charge in [-0.25, -0.2) is 0 Å². The van der Waals surface area contributed by atoms with Crippen molar-refractivity contribution in [2.45, 2.75) is 34.1 Å². The Morgan fingerprint density at radius 3 is 1.38 bits per heavy atom. The highest BCUT2D eigenvalue weighted by Crippen LogP contribution is 2.43. The minimum atomic E-state index is 1.12. The van der Waals surface area contributed by atoms with Crippen LogP contribution in [0.1, 0.15) is 34.1 Å². The van der Waals surface area contributed by atoms with Crippen LogP contribution in [0.25, 0.3) is 0 Å². The van der Waals surface area contributed by atoms with E-state index < -0.39 is 0 Å². The second kappa shape index (κ2) is 10.0. The molecular formula is C11H28N2. The van der Waals surface area contributed by atoms with E-state index in [2.05, 4.69) is 17.7 Å². The number of likely N-dealkylation sites (tertiary alicyclic amines) is 1. The molecule has 1 aliphatic carbocycles. The first-order valence-electron chi connectivity index (χ1n) is 5.62. The van der Waals surface area contributed by atoms with Crippen LogP contribution in [0.15, 0.2) is 0 Å². The second-order valence-corrected chi connectivity index (χ2v) is 2.98. The molecule has 2 unspecified atom stereocenters. The van der Waals surface area contributed by atoms with Crippen LogP contribution >= 0.6 is 0 Å². The van der Waals surface area contributed by atoms with Gasteiger partial charge in [0.1, 0.15) is 0 Å². The van der Waals surface area contributed by atoms with Gasteiger partial charge in [0, 0.05) is 13.1 Å². The number of hydrogen-bond donors (Lipinski definition) is 1. The SMILES string of the molecule is CC.CC.CN.CN1CC2CC2C1. The topological polar surface area (TPSA) is 29.3 Å². The van der Waals surface area contributed by atoms with E-state index in [1.165, 1.54) is 26.6 Å². The molecule has 2 rings (SSSR count). The highest BCUT2D eigenvalue weighted by molar-refractivity contribution is 4.95. The lowest BCUT2D eigenvalue weighted by Gasteiger charge is -2.06. The maximum Gasteiger partial charge on any atom is 0.000997 e. The number of nitrogens with zero attached hydrogens (tertiary/aromatic N) is 1. The molecule has 1 saturated heterocycles. The van der Waals surface area contributed by atoms with Crippen LogP contribution in [0.5, 0.6) is 0 Å². The minimum Gasteiger partial charge on any atom is -0.333 e. The summed E-state index contributed by atoms with van der Waals surface area (Å²) in [6.45, 7) is 10.8. The van der Waals surface area contributed by atoms with E-state index in [-0.39, 0.29) is 0 Å². The van der Waals surface area contributed by atoms with Crippen molar-refractivity contribution in [2.24, 2.45) is 17.6 Å². The van der Waals surface area contributed by atoms with Crippen LogP contribution in [0.4, 0.5) is 0 Å². The molecular weight excluding hydrogens is 160 g/mol. The van der Waals surface area contributed by atoms with Crippen molar-refractivity contribution in [1.29, 1.82) is 0 Å². The standard InChI is InChI=1S/C6H11N.2C2H6.CH5N/c1-7-3-5-2-6(5)4-7;3*1-2/h5-6H,2-4H2,1H3;2*1-2H3;2H2,1H3. The lowest BCUT2D eigenvalue weighted by molar-refractivity contribution is 0.373. The monoisotopic (exact) mass is 188 g/mol. The number of nitrogens with two attached hydrogens (primary N) is 1. The summed E-state index contributed by atoms with van der Waals surface area (Å²) < 4.78 is 0. The van der Waals surface area contributed by atoms with E-state index in [1.54, 1.807) is 0 Å². The molecule has 82 valence electrons. The van der Waals surface area contributed by atoms with Crippen molar-refractivity contribution in [1.82, 2.24) is 4.90 Å². The summed E-state index contributed by atoms with van der Waals surface area (Å²) in [5.41, 5.74) is 4.50. The molecule has 2 N–H and O–H groups in total. The van der Waals surface area contributed by atoms with Gasteiger partial charge in [0.05, 0.1) is 0 Å². The van der Waals surface area contributed by atoms with Gasteiger partial charge in [-0.05, 0) is 32.4 Å². The number of hydrogen-bond acceptors (Lipinski definition) is 2. The van der Waals surface area contributed by atoms with Crippen molar-refractivity contribution >= 4 is 0 Å². The van der Waals surface area contributed by atoms with Gasteiger partial charge in [0.15, 0.2) is 0 Å². The number of piperidine rings is 1. The van der Waals surface area contributed by atoms with Crippen LogP contribution in [-0.4, -0.2) is 32.1 Å². The smallest absolute Gasteiger partial charge is 0.000997 e. The van der Waals surface area contributed by atoms with Crippen LogP contribution < -0.4 is 5.73 Å². The Morgan fingerprint density at radius 2 is 1.23 bits per heavy atom. The van der Waals surface area contributed by atoms with Crippen molar-refractivity contribution in [3.05, 3.63) is 0 Å². The van der Waals surface area contributed by atoms with E-state index in [4.69, 9.17) is 0 Å². The molecule has 2 fully saturated rings. The molecule has 13 heavy (non-hydrogen) atoms. The zero-order valence-corrected chi connectivity index (χ0v) is 10.3. The van der Waals surface area contributed by atoms with Crippen molar-refractivity contribution < 1.29 is 0 Å². The molecule has 2 nitrogen and oxygen atoms in total. The van der Waals surface area contributed by atoms with Gasteiger partial charge >= 0.3 is 0 Å². The average Bonchev–Trinajstić information content (AvgIpc) is 2.84. The summed E-state index contributed by atoms with van der Waals surface area (Å²) in [4.78, 5) is 2.43. The predicted molar refractivity (Wildman–Crippen MR) is 61.9 cm³/mol.